The van der Waals surface area contributed by atoms with Crippen LogP contribution >= 0.6 is 0 Å². The number of hydrogen-bond acceptors (Lipinski definition) is 5. The molecule has 0 amide bonds. The fourth-order valence-corrected chi connectivity index (χ4v) is 2.76. The minimum Gasteiger partial charge on any atom is -0.399 e. The van der Waals surface area contributed by atoms with Crippen LogP contribution in [0.4, 0.5) is 17.2 Å². The van der Waals surface area contributed by atoms with Crippen molar-refractivity contribution in [2.45, 2.75) is 25.3 Å². The van der Waals surface area contributed by atoms with E-state index in [9.17, 15) is 10.1 Å². The van der Waals surface area contributed by atoms with Crippen LogP contribution in [-0.2, 0) is 6.42 Å². The Morgan fingerprint density at radius 1 is 1.33 bits per heavy atom. The molecular weight excluding hydrogens is 268 g/mol. The van der Waals surface area contributed by atoms with Crippen LogP contribution in [0.5, 0.6) is 0 Å². The molecule has 6 nitrogen and oxygen atoms in total. The van der Waals surface area contributed by atoms with Crippen LogP contribution in [0.3, 0.4) is 0 Å². The molecule has 0 saturated heterocycles. The number of hydrogen-bond donors (Lipinski definition) is 2. The number of benzene rings is 1. The molecule has 6 heteroatoms. The highest BCUT2D eigenvalue weighted by molar-refractivity contribution is 5.51. The highest BCUT2D eigenvalue weighted by Crippen LogP contribution is 2.33. The van der Waals surface area contributed by atoms with Crippen molar-refractivity contribution in [1.29, 1.82) is 0 Å². The fraction of sp³-hybridized carbons (Fsp3) is 0.267. The molecular formula is C15H16N4O2. The highest BCUT2D eigenvalue weighted by atomic mass is 16.6. The zero-order valence-electron chi connectivity index (χ0n) is 11.5. The first kappa shape index (κ1) is 13.4. The monoisotopic (exact) mass is 284 g/mol. The first-order valence-electron chi connectivity index (χ1n) is 6.89. The van der Waals surface area contributed by atoms with Gasteiger partial charge in [0.2, 0.25) is 0 Å². The second-order valence-electron chi connectivity index (χ2n) is 5.21. The van der Waals surface area contributed by atoms with Gasteiger partial charge in [-0.25, -0.2) is 0 Å². The van der Waals surface area contributed by atoms with Crippen molar-refractivity contribution in [3.05, 3.63) is 57.8 Å². The molecule has 1 atom stereocenters. The smallest absolute Gasteiger partial charge is 0.363 e. The Kier molecular flexibility index (Phi) is 3.43. The minimum atomic E-state index is -0.498. The molecule has 1 heterocycles. The summed E-state index contributed by atoms with van der Waals surface area (Å²) in [4.78, 5) is 13.9. The molecule has 0 fully saturated rings. The molecule has 0 bridgehead atoms. The van der Waals surface area contributed by atoms with Crippen LogP contribution < -0.4 is 11.1 Å². The second-order valence-corrected chi connectivity index (χ2v) is 5.21. The number of nitrogen functional groups attached to an aromatic ring is 1. The van der Waals surface area contributed by atoms with E-state index < -0.39 is 4.92 Å². The summed E-state index contributed by atoms with van der Waals surface area (Å²) in [5.41, 5.74) is 9.92. The van der Waals surface area contributed by atoms with E-state index in [1.54, 1.807) is 6.07 Å². The number of anilines is 2. The molecule has 0 saturated carbocycles. The Bertz CT molecular complexity index is 670. The average molecular weight is 284 g/mol. The Morgan fingerprint density at radius 3 is 2.90 bits per heavy atom. The Labute approximate surface area is 122 Å². The number of nitrogens with one attached hydrogen (secondary N) is 1. The van der Waals surface area contributed by atoms with Gasteiger partial charge in [0.25, 0.3) is 0 Å². The van der Waals surface area contributed by atoms with E-state index in [1.165, 1.54) is 23.4 Å². The summed E-state index contributed by atoms with van der Waals surface area (Å²) in [6.45, 7) is 0. The maximum absolute atomic E-state index is 10.6. The molecule has 1 unspecified atom stereocenters. The van der Waals surface area contributed by atoms with Gasteiger partial charge in [-0.2, -0.15) is 0 Å². The number of fused-ring (bicyclic) bond motifs is 1. The zero-order chi connectivity index (χ0) is 14.8. The van der Waals surface area contributed by atoms with Gasteiger partial charge in [0.1, 0.15) is 0 Å². The van der Waals surface area contributed by atoms with Crippen LogP contribution in [0, 0.1) is 10.1 Å². The van der Waals surface area contributed by atoms with Gasteiger partial charge in [-0.05, 0) is 58.5 Å². The lowest BCUT2D eigenvalue weighted by Crippen LogP contribution is -2.17. The van der Waals surface area contributed by atoms with E-state index >= 15 is 0 Å². The summed E-state index contributed by atoms with van der Waals surface area (Å²) in [6.07, 6.45) is 4.66. The first-order valence-corrected chi connectivity index (χ1v) is 6.89. The number of nitro groups is 1. The summed E-state index contributed by atoms with van der Waals surface area (Å²) >= 11 is 0. The van der Waals surface area contributed by atoms with Gasteiger partial charge in [-0.1, -0.05) is 6.07 Å². The van der Waals surface area contributed by atoms with Gasteiger partial charge in [0.05, 0.1) is 11.7 Å². The maximum atomic E-state index is 10.6. The molecule has 3 N–H and O–H groups in total. The fourth-order valence-electron chi connectivity index (χ4n) is 2.76. The number of rotatable bonds is 3. The van der Waals surface area contributed by atoms with Gasteiger partial charge in [-0.3, -0.25) is 0 Å². The second kappa shape index (κ2) is 5.40. The van der Waals surface area contributed by atoms with Crippen LogP contribution in [-0.4, -0.2) is 9.91 Å². The van der Waals surface area contributed by atoms with E-state index in [2.05, 4.69) is 16.4 Å². The van der Waals surface area contributed by atoms with E-state index in [0.29, 0.717) is 0 Å². The summed E-state index contributed by atoms with van der Waals surface area (Å²) < 4.78 is 0. The van der Waals surface area contributed by atoms with Gasteiger partial charge in [-0.15, -0.1) is 0 Å². The van der Waals surface area contributed by atoms with Gasteiger partial charge >= 0.3 is 5.82 Å². The van der Waals surface area contributed by atoms with Crippen LogP contribution in [0.25, 0.3) is 0 Å². The van der Waals surface area contributed by atoms with E-state index in [4.69, 9.17) is 5.73 Å². The van der Waals surface area contributed by atoms with Crippen molar-refractivity contribution in [1.82, 2.24) is 4.98 Å². The quantitative estimate of drug-likeness (QED) is 0.513. The largest absolute Gasteiger partial charge is 0.399 e. The molecule has 0 aliphatic heterocycles. The number of aromatic nitrogens is 1. The molecule has 108 valence electrons. The first-order chi connectivity index (χ1) is 10.1. The summed E-state index contributed by atoms with van der Waals surface area (Å²) in [5, 5.41) is 14.0. The summed E-state index contributed by atoms with van der Waals surface area (Å²) in [7, 11) is 0. The van der Waals surface area contributed by atoms with Gasteiger partial charge in [0.15, 0.2) is 6.20 Å². The number of pyridine rings is 1. The van der Waals surface area contributed by atoms with Gasteiger partial charge in [0, 0.05) is 11.8 Å². The minimum absolute atomic E-state index is 0.141. The highest BCUT2D eigenvalue weighted by Gasteiger charge is 2.20. The lowest BCUT2D eigenvalue weighted by Gasteiger charge is -2.27. The lowest BCUT2D eigenvalue weighted by atomic mass is 9.87. The predicted molar refractivity (Wildman–Crippen MR) is 81.0 cm³/mol. The van der Waals surface area contributed by atoms with E-state index in [1.807, 2.05) is 12.1 Å². The molecule has 1 aliphatic rings. The standard InChI is InChI=1S/C15H16N4O2/c16-11-4-6-13-10(8-11)2-1-3-14(13)18-12-5-7-15(17-9-12)19(20)21/h4-9,14,18H,1-3,16H2. The molecule has 1 aromatic heterocycles. The molecule has 3 rings (SSSR count). The maximum Gasteiger partial charge on any atom is 0.363 e. The van der Waals surface area contributed by atoms with Crippen molar-refractivity contribution in [3.63, 3.8) is 0 Å². The Balaban J connectivity index is 1.81. The molecule has 21 heavy (non-hydrogen) atoms. The lowest BCUT2D eigenvalue weighted by molar-refractivity contribution is -0.389. The van der Waals surface area contributed by atoms with Crippen molar-refractivity contribution in [2.75, 3.05) is 11.1 Å². The van der Waals surface area contributed by atoms with Crippen molar-refractivity contribution in [3.8, 4) is 0 Å². The number of nitrogens with two attached hydrogens (primary N) is 1. The molecule has 2 aromatic rings. The van der Waals surface area contributed by atoms with Crippen molar-refractivity contribution >= 4 is 17.2 Å². The van der Waals surface area contributed by atoms with Crippen molar-refractivity contribution in [2.24, 2.45) is 0 Å². The van der Waals surface area contributed by atoms with Crippen LogP contribution in [0.1, 0.15) is 30.0 Å². The van der Waals surface area contributed by atoms with Crippen LogP contribution in [0.2, 0.25) is 0 Å². The Morgan fingerprint density at radius 2 is 2.19 bits per heavy atom. The van der Waals surface area contributed by atoms with E-state index in [0.717, 1.165) is 30.6 Å². The van der Waals surface area contributed by atoms with Crippen LogP contribution in [0.15, 0.2) is 36.5 Å². The SMILES string of the molecule is Nc1ccc2c(c1)CCCC2Nc1ccc([N+](=O)[O-])nc1. The third-order valence-corrected chi connectivity index (χ3v) is 3.76. The third-order valence-electron chi connectivity index (χ3n) is 3.76. The van der Waals surface area contributed by atoms with Gasteiger partial charge < -0.3 is 21.2 Å². The third kappa shape index (κ3) is 2.79. The molecule has 0 radical (unpaired) electrons. The van der Waals surface area contributed by atoms with E-state index in [-0.39, 0.29) is 11.9 Å². The normalized spacial score (nSPS) is 17.0. The molecule has 0 spiro atoms. The van der Waals surface area contributed by atoms with Crippen molar-refractivity contribution < 1.29 is 4.92 Å². The number of aryl methyl sites for hydroxylation is 1. The molecule has 1 aromatic carbocycles. The topological polar surface area (TPSA) is 94.1 Å². The zero-order valence-corrected chi connectivity index (χ0v) is 11.5. The summed E-state index contributed by atoms with van der Waals surface area (Å²) in [5.74, 6) is -0.141. The number of nitrogens with zero attached hydrogens (tertiary/aromatic N) is 2. The molecule has 1 aliphatic carbocycles. The Hall–Kier alpha value is -2.63. The average Bonchev–Trinajstić information content (AvgIpc) is 2.47. The summed E-state index contributed by atoms with van der Waals surface area (Å²) in [6, 6.07) is 9.29. The predicted octanol–water partition coefficient (Wildman–Crippen LogP) is 3.06.